The van der Waals surface area contributed by atoms with E-state index in [9.17, 15) is 0 Å². The first-order chi connectivity index (χ1) is 12.1. The average Bonchev–Trinajstić information content (AvgIpc) is 3.05. The third-order valence-corrected chi connectivity index (χ3v) is 3.58. The molecule has 1 aromatic carbocycles. The monoisotopic (exact) mass is 338 g/mol. The number of pyridine rings is 1. The van der Waals surface area contributed by atoms with Gasteiger partial charge < -0.3 is 14.6 Å². The first-order valence-corrected chi connectivity index (χ1v) is 8.30. The van der Waals surface area contributed by atoms with E-state index in [-0.39, 0.29) is 6.10 Å². The van der Waals surface area contributed by atoms with Crippen LogP contribution in [0.1, 0.15) is 30.8 Å². The Labute approximate surface area is 147 Å². The van der Waals surface area contributed by atoms with Crippen molar-refractivity contribution in [3.63, 3.8) is 0 Å². The fraction of sp³-hybridized carbons (Fsp3) is 0.316. The number of nitrogens with zero attached hydrogens (tertiary/aromatic N) is 3. The van der Waals surface area contributed by atoms with Gasteiger partial charge in [-0.2, -0.15) is 4.98 Å². The second-order valence-electron chi connectivity index (χ2n) is 6.11. The minimum absolute atomic E-state index is 0.224. The van der Waals surface area contributed by atoms with Gasteiger partial charge in [0.1, 0.15) is 5.82 Å². The summed E-state index contributed by atoms with van der Waals surface area (Å²) < 4.78 is 10.9. The summed E-state index contributed by atoms with van der Waals surface area (Å²) in [5.74, 6) is 1.87. The molecule has 6 heteroatoms. The standard InChI is InChI=1S/C19H22N4O2/c1-13(2)24-12-16-6-4-5-15(9-16)11-21-18-10-17(7-8-20-18)19-22-14(3)23-25-19/h4-10,13H,11-12H2,1-3H3,(H,20,21). The second kappa shape index (κ2) is 7.90. The number of aromatic nitrogens is 3. The lowest BCUT2D eigenvalue weighted by Crippen LogP contribution is -2.04. The summed E-state index contributed by atoms with van der Waals surface area (Å²) in [4.78, 5) is 8.58. The van der Waals surface area contributed by atoms with Crippen LogP contribution >= 0.6 is 0 Å². The number of benzene rings is 1. The Hall–Kier alpha value is -2.73. The molecule has 0 aliphatic rings. The highest BCUT2D eigenvalue weighted by atomic mass is 16.5. The molecule has 0 aliphatic heterocycles. The maximum absolute atomic E-state index is 5.66. The smallest absolute Gasteiger partial charge is 0.258 e. The first-order valence-electron chi connectivity index (χ1n) is 8.30. The molecule has 0 fully saturated rings. The Morgan fingerprint density at radius 2 is 2.00 bits per heavy atom. The van der Waals surface area contributed by atoms with Gasteiger partial charge in [-0.3, -0.25) is 0 Å². The quantitative estimate of drug-likeness (QED) is 0.702. The van der Waals surface area contributed by atoms with Crippen molar-refractivity contribution in [1.82, 2.24) is 15.1 Å². The van der Waals surface area contributed by atoms with Crippen molar-refractivity contribution in [3.8, 4) is 11.5 Å². The molecular formula is C19H22N4O2. The highest BCUT2D eigenvalue weighted by molar-refractivity contribution is 5.57. The Kier molecular flexibility index (Phi) is 5.40. The minimum Gasteiger partial charge on any atom is -0.374 e. The highest BCUT2D eigenvalue weighted by Gasteiger charge is 2.07. The van der Waals surface area contributed by atoms with Crippen LogP contribution in [-0.4, -0.2) is 21.2 Å². The molecule has 0 saturated carbocycles. The number of hydrogen-bond donors (Lipinski definition) is 1. The van der Waals surface area contributed by atoms with Gasteiger partial charge in [0.05, 0.1) is 12.7 Å². The molecule has 2 heterocycles. The lowest BCUT2D eigenvalue weighted by Gasteiger charge is -2.10. The van der Waals surface area contributed by atoms with Crippen LogP contribution in [0.4, 0.5) is 5.82 Å². The van der Waals surface area contributed by atoms with E-state index in [1.807, 2.05) is 32.0 Å². The number of ether oxygens (including phenoxy) is 1. The Morgan fingerprint density at radius 1 is 1.16 bits per heavy atom. The van der Waals surface area contributed by atoms with Crippen LogP contribution in [0, 0.1) is 6.92 Å². The molecule has 0 spiro atoms. The van der Waals surface area contributed by atoms with Crippen molar-refractivity contribution in [2.24, 2.45) is 0 Å². The van der Waals surface area contributed by atoms with Gasteiger partial charge in [-0.15, -0.1) is 0 Å². The molecular weight excluding hydrogens is 316 g/mol. The van der Waals surface area contributed by atoms with Crippen molar-refractivity contribution < 1.29 is 9.26 Å². The Morgan fingerprint density at radius 3 is 2.76 bits per heavy atom. The van der Waals surface area contributed by atoms with Crippen molar-refractivity contribution in [2.45, 2.75) is 40.0 Å². The van der Waals surface area contributed by atoms with Crippen LogP contribution in [0.5, 0.6) is 0 Å². The van der Waals surface area contributed by atoms with E-state index >= 15 is 0 Å². The molecule has 0 amide bonds. The molecule has 2 aromatic heterocycles. The number of hydrogen-bond acceptors (Lipinski definition) is 6. The molecule has 0 saturated heterocycles. The summed E-state index contributed by atoms with van der Waals surface area (Å²) in [5, 5.41) is 7.15. The fourth-order valence-electron chi connectivity index (χ4n) is 2.36. The van der Waals surface area contributed by atoms with Crippen LogP contribution in [0.15, 0.2) is 47.1 Å². The van der Waals surface area contributed by atoms with Crippen molar-refractivity contribution in [3.05, 3.63) is 59.5 Å². The van der Waals surface area contributed by atoms with Crippen LogP contribution in [0.2, 0.25) is 0 Å². The number of nitrogens with one attached hydrogen (secondary N) is 1. The van der Waals surface area contributed by atoms with E-state index in [2.05, 4.69) is 38.6 Å². The van der Waals surface area contributed by atoms with Crippen LogP contribution in [-0.2, 0) is 17.9 Å². The third kappa shape index (κ3) is 4.87. The zero-order chi connectivity index (χ0) is 17.6. The van der Waals surface area contributed by atoms with E-state index in [1.165, 1.54) is 5.56 Å². The molecule has 0 radical (unpaired) electrons. The van der Waals surface area contributed by atoms with E-state index in [0.29, 0.717) is 24.9 Å². The van der Waals surface area contributed by atoms with Gasteiger partial charge in [0.25, 0.3) is 5.89 Å². The number of rotatable bonds is 7. The largest absolute Gasteiger partial charge is 0.374 e. The van der Waals surface area contributed by atoms with E-state index in [1.54, 1.807) is 13.1 Å². The molecule has 0 atom stereocenters. The van der Waals surface area contributed by atoms with Gasteiger partial charge in [-0.25, -0.2) is 4.98 Å². The number of aryl methyl sites for hydroxylation is 1. The minimum atomic E-state index is 0.224. The summed E-state index contributed by atoms with van der Waals surface area (Å²) >= 11 is 0. The molecule has 0 aliphatic carbocycles. The molecule has 1 N–H and O–H groups in total. The van der Waals surface area contributed by atoms with E-state index in [4.69, 9.17) is 9.26 Å². The number of anilines is 1. The van der Waals surface area contributed by atoms with Gasteiger partial charge >= 0.3 is 0 Å². The van der Waals surface area contributed by atoms with Gasteiger partial charge in [-0.1, -0.05) is 29.4 Å². The average molecular weight is 338 g/mol. The summed E-state index contributed by atoms with van der Waals surface area (Å²) in [6.07, 6.45) is 1.95. The van der Waals surface area contributed by atoms with E-state index < -0.39 is 0 Å². The summed E-state index contributed by atoms with van der Waals surface area (Å²) in [5.41, 5.74) is 3.18. The molecule has 25 heavy (non-hydrogen) atoms. The topological polar surface area (TPSA) is 73.1 Å². The maximum Gasteiger partial charge on any atom is 0.258 e. The normalized spacial score (nSPS) is 11.0. The molecule has 0 bridgehead atoms. The van der Waals surface area contributed by atoms with Gasteiger partial charge in [0.2, 0.25) is 0 Å². The fourth-order valence-corrected chi connectivity index (χ4v) is 2.36. The van der Waals surface area contributed by atoms with Crippen molar-refractivity contribution in [1.29, 1.82) is 0 Å². The third-order valence-electron chi connectivity index (χ3n) is 3.58. The van der Waals surface area contributed by atoms with Gasteiger partial charge in [0.15, 0.2) is 5.82 Å². The van der Waals surface area contributed by atoms with Crippen LogP contribution < -0.4 is 5.32 Å². The predicted octanol–water partition coefficient (Wildman–Crippen LogP) is 3.98. The van der Waals surface area contributed by atoms with Crippen LogP contribution in [0.3, 0.4) is 0 Å². The van der Waals surface area contributed by atoms with Gasteiger partial charge in [0, 0.05) is 18.3 Å². The molecule has 130 valence electrons. The second-order valence-corrected chi connectivity index (χ2v) is 6.11. The van der Waals surface area contributed by atoms with E-state index in [0.717, 1.165) is 16.9 Å². The Bertz CT molecular complexity index is 830. The molecule has 6 nitrogen and oxygen atoms in total. The molecule has 3 rings (SSSR count). The zero-order valence-corrected chi connectivity index (χ0v) is 14.7. The van der Waals surface area contributed by atoms with Crippen molar-refractivity contribution >= 4 is 5.82 Å². The lowest BCUT2D eigenvalue weighted by molar-refractivity contribution is 0.0657. The van der Waals surface area contributed by atoms with Gasteiger partial charge in [-0.05, 0) is 44.0 Å². The summed E-state index contributed by atoms with van der Waals surface area (Å²) in [6, 6.07) is 12.1. The summed E-state index contributed by atoms with van der Waals surface area (Å²) in [7, 11) is 0. The maximum atomic E-state index is 5.66. The zero-order valence-electron chi connectivity index (χ0n) is 14.7. The highest BCUT2D eigenvalue weighted by Crippen LogP contribution is 2.19. The predicted molar refractivity (Wildman–Crippen MR) is 96.0 cm³/mol. The molecule has 3 aromatic rings. The summed E-state index contributed by atoms with van der Waals surface area (Å²) in [6.45, 7) is 7.16. The lowest BCUT2D eigenvalue weighted by atomic mass is 10.1. The van der Waals surface area contributed by atoms with Crippen molar-refractivity contribution in [2.75, 3.05) is 5.32 Å². The Balaban J connectivity index is 1.65. The molecule has 0 unspecified atom stereocenters. The SMILES string of the molecule is Cc1noc(-c2ccnc(NCc3cccc(COC(C)C)c3)c2)n1. The first kappa shape index (κ1) is 17.1. The van der Waals surface area contributed by atoms with Crippen LogP contribution in [0.25, 0.3) is 11.5 Å².